The zero-order valence-electron chi connectivity index (χ0n) is 20.4. The number of hydrogen-bond acceptors (Lipinski definition) is 3. The average Bonchev–Trinajstić information content (AvgIpc) is 2.76. The van der Waals surface area contributed by atoms with Crippen LogP contribution in [0.3, 0.4) is 0 Å². The van der Waals surface area contributed by atoms with Crippen LogP contribution in [0.15, 0.2) is 76.7 Å². The van der Waals surface area contributed by atoms with Crippen molar-refractivity contribution in [2.75, 3.05) is 0 Å². The molecule has 0 saturated heterocycles. The van der Waals surface area contributed by atoms with E-state index in [1.807, 2.05) is 30.6 Å². The normalized spacial score (nSPS) is 12.3. The summed E-state index contributed by atoms with van der Waals surface area (Å²) >= 11 is -1.62. The van der Waals surface area contributed by atoms with Crippen molar-refractivity contribution in [1.82, 2.24) is 4.98 Å². The van der Waals surface area contributed by atoms with Crippen molar-refractivity contribution in [1.29, 1.82) is 0 Å². The molecule has 0 aliphatic carbocycles. The molecule has 2 aromatic carbocycles. The van der Waals surface area contributed by atoms with E-state index >= 15 is 0 Å². The standard InChI is InChI=1S/C25H31N3Si2.3ClH.Cr/c1-29(2,3)24-14-10-20(11-15-24)26-18-22-8-7-9-23(28-22)19-27-21-12-16-25(17-13-21)30(4,5)6;;;;/h7-19H,1-6H3;3*1H;/q;;;;+3/p-3. The molecule has 0 radical (unpaired) electrons. The van der Waals surface area contributed by atoms with Gasteiger partial charge in [0.15, 0.2) is 0 Å². The SMILES string of the molecule is C[Si](C)(C)c1ccc(N=Cc2cccc(C=Nc3ccc([Si](C)(C)C)cc3)n2)cc1.[Cl][Cr]([Cl])[Cl]. The maximum absolute atomic E-state index is 4.93. The molecule has 9 heteroatoms. The number of aromatic nitrogens is 1. The fraction of sp³-hybridized carbons (Fsp3) is 0.240. The zero-order valence-corrected chi connectivity index (χ0v) is 25.9. The van der Waals surface area contributed by atoms with Crippen LogP contribution in [0.25, 0.3) is 0 Å². The van der Waals surface area contributed by atoms with E-state index in [1.54, 1.807) is 0 Å². The van der Waals surface area contributed by atoms with Gasteiger partial charge in [0.2, 0.25) is 0 Å². The van der Waals surface area contributed by atoms with Crippen LogP contribution in [0.2, 0.25) is 39.3 Å². The Hall–Kier alpha value is -1.23. The molecule has 0 aliphatic rings. The van der Waals surface area contributed by atoms with Crippen LogP contribution < -0.4 is 10.4 Å². The molecule has 0 bridgehead atoms. The van der Waals surface area contributed by atoms with Gasteiger partial charge in [0, 0.05) is 0 Å². The Morgan fingerprint density at radius 1 is 0.618 bits per heavy atom. The van der Waals surface area contributed by atoms with Crippen LogP contribution in [0.4, 0.5) is 11.4 Å². The second kappa shape index (κ2) is 13.2. The number of halogens is 3. The Kier molecular flexibility index (Phi) is 11.2. The van der Waals surface area contributed by atoms with Crippen molar-refractivity contribution in [3.63, 3.8) is 0 Å². The summed E-state index contributed by atoms with van der Waals surface area (Å²) in [7, 11) is 12.2. The predicted octanol–water partition coefficient (Wildman–Crippen LogP) is 7.74. The summed E-state index contributed by atoms with van der Waals surface area (Å²) in [6, 6.07) is 23.0. The van der Waals surface area contributed by atoms with E-state index < -0.39 is 27.5 Å². The van der Waals surface area contributed by atoms with Crippen molar-refractivity contribution < 1.29 is 11.4 Å². The van der Waals surface area contributed by atoms with E-state index in [4.69, 9.17) is 30.1 Å². The van der Waals surface area contributed by atoms with E-state index in [0.29, 0.717) is 0 Å². The molecule has 3 aromatic rings. The van der Waals surface area contributed by atoms with Gasteiger partial charge in [-0.05, 0) is 36.4 Å². The van der Waals surface area contributed by atoms with Crippen LogP contribution >= 0.6 is 30.1 Å². The molecule has 0 amide bonds. The topological polar surface area (TPSA) is 37.6 Å². The van der Waals surface area contributed by atoms with Gasteiger partial charge in [0.05, 0.1) is 51.3 Å². The molecular formula is C25H31Cl3CrN3Si2. The Balaban J connectivity index is 0.000000945. The van der Waals surface area contributed by atoms with Gasteiger partial charge in [-0.2, -0.15) is 0 Å². The van der Waals surface area contributed by atoms with Crippen molar-refractivity contribution in [3.05, 3.63) is 78.1 Å². The Morgan fingerprint density at radius 3 is 1.24 bits per heavy atom. The first kappa shape index (κ1) is 29.0. The summed E-state index contributed by atoms with van der Waals surface area (Å²) in [6.07, 6.45) is 3.62. The number of aliphatic imine (C=N–C) groups is 2. The summed E-state index contributed by atoms with van der Waals surface area (Å²) in [6.45, 7) is 14.1. The molecule has 0 saturated carbocycles. The third-order valence-corrected chi connectivity index (χ3v) is 9.08. The van der Waals surface area contributed by atoms with Crippen LogP contribution in [-0.4, -0.2) is 33.6 Å². The van der Waals surface area contributed by atoms with Gasteiger partial charge in [-0.15, -0.1) is 0 Å². The number of pyridine rings is 1. The minimum atomic E-state index is -1.62. The molecule has 3 rings (SSSR count). The molecule has 1 heterocycles. The molecule has 1 aromatic heterocycles. The van der Waals surface area contributed by atoms with Gasteiger partial charge in [-0.25, -0.2) is 4.98 Å². The molecular weight excluding hydrogens is 557 g/mol. The molecule has 0 atom stereocenters. The Morgan fingerprint density at radius 2 is 0.941 bits per heavy atom. The number of hydrogen-bond donors (Lipinski definition) is 0. The van der Waals surface area contributed by atoms with Gasteiger partial charge in [0.1, 0.15) is 0 Å². The molecule has 181 valence electrons. The van der Waals surface area contributed by atoms with E-state index in [2.05, 4.69) is 103 Å². The molecule has 0 aliphatic heterocycles. The molecule has 34 heavy (non-hydrogen) atoms. The van der Waals surface area contributed by atoms with E-state index in [1.165, 1.54) is 10.4 Å². The third kappa shape index (κ3) is 10.6. The second-order valence-corrected chi connectivity index (χ2v) is 26.2. The second-order valence-electron chi connectivity index (χ2n) is 9.77. The Bertz CT molecular complexity index is 1020. The predicted molar refractivity (Wildman–Crippen MR) is 155 cm³/mol. The monoisotopic (exact) mass is 586 g/mol. The molecule has 0 fully saturated rings. The van der Waals surface area contributed by atoms with Crippen molar-refractivity contribution in [2.24, 2.45) is 9.98 Å². The van der Waals surface area contributed by atoms with Crippen LogP contribution in [0, 0.1) is 0 Å². The average molecular weight is 588 g/mol. The van der Waals surface area contributed by atoms with Gasteiger partial charge in [-0.1, -0.05) is 80.0 Å². The first-order valence-corrected chi connectivity index (χ1v) is 23.1. The van der Waals surface area contributed by atoms with E-state index in [9.17, 15) is 0 Å². The van der Waals surface area contributed by atoms with E-state index in [0.717, 1.165) is 22.8 Å². The fourth-order valence-electron chi connectivity index (χ4n) is 2.99. The molecule has 0 N–H and O–H groups in total. The minimum absolute atomic E-state index is 0.822. The first-order chi connectivity index (χ1) is 15.8. The summed E-state index contributed by atoms with van der Waals surface area (Å²) in [5.74, 6) is 0. The maximum atomic E-state index is 4.93. The fourth-order valence-corrected chi connectivity index (χ4v) is 5.32. The summed E-state index contributed by atoms with van der Waals surface area (Å²) < 4.78 is 0. The number of rotatable bonds is 6. The van der Waals surface area contributed by atoms with Crippen molar-refractivity contribution in [3.8, 4) is 0 Å². The molecule has 0 spiro atoms. The van der Waals surface area contributed by atoms with Crippen LogP contribution in [0.1, 0.15) is 11.4 Å². The van der Waals surface area contributed by atoms with Crippen molar-refractivity contribution in [2.45, 2.75) is 39.3 Å². The molecule has 0 unspecified atom stereocenters. The van der Waals surface area contributed by atoms with Gasteiger partial charge in [0.25, 0.3) is 0 Å². The third-order valence-electron chi connectivity index (χ3n) is 4.95. The summed E-state index contributed by atoms with van der Waals surface area (Å²) in [5.41, 5.74) is 3.53. The summed E-state index contributed by atoms with van der Waals surface area (Å²) in [5, 5.41) is 2.88. The quantitative estimate of drug-likeness (QED) is 0.215. The molecule has 3 nitrogen and oxygen atoms in total. The first-order valence-electron chi connectivity index (χ1n) is 10.8. The zero-order chi connectivity index (χ0) is 25.4. The number of nitrogens with zero attached hydrogens (tertiary/aromatic N) is 3. The van der Waals surface area contributed by atoms with Gasteiger partial charge >= 0.3 is 41.5 Å². The van der Waals surface area contributed by atoms with E-state index in [-0.39, 0.29) is 0 Å². The summed E-state index contributed by atoms with van der Waals surface area (Å²) in [4.78, 5) is 13.8. The van der Waals surface area contributed by atoms with Gasteiger partial charge < -0.3 is 0 Å². The van der Waals surface area contributed by atoms with Crippen LogP contribution in [0.5, 0.6) is 0 Å². The van der Waals surface area contributed by atoms with Crippen LogP contribution in [-0.2, 0) is 11.4 Å². The Labute approximate surface area is 223 Å². The van der Waals surface area contributed by atoms with Gasteiger partial charge in [-0.3, -0.25) is 9.98 Å². The number of benzene rings is 2. The van der Waals surface area contributed by atoms with Crippen molar-refractivity contribution >= 4 is 80.5 Å².